The average molecular weight is 192 g/mol. The van der Waals surface area contributed by atoms with Crippen LogP contribution < -0.4 is 10.6 Å². The van der Waals surface area contributed by atoms with E-state index in [2.05, 4.69) is 24.1 Å². The van der Waals surface area contributed by atoms with E-state index < -0.39 is 0 Å². The molecule has 1 atom stereocenters. The first-order chi connectivity index (χ1) is 6.72. The molecule has 14 heavy (non-hydrogen) atoms. The van der Waals surface area contributed by atoms with Gasteiger partial charge in [0, 0.05) is 19.3 Å². The van der Waals surface area contributed by atoms with Crippen LogP contribution in [-0.2, 0) is 6.42 Å². The fourth-order valence-corrected chi connectivity index (χ4v) is 1.92. The molecular formula is C11H16N2O. The Balaban J connectivity index is 2.32. The molecule has 0 saturated carbocycles. The lowest BCUT2D eigenvalue weighted by Gasteiger charge is -2.14. The maximum Gasteiger partial charge on any atom is 0.0624 e. The molecule has 0 unspecified atom stereocenters. The van der Waals surface area contributed by atoms with Crippen LogP contribution in [0.5, 0.6) is 0 Å². The molecule has 3 N–H and O–H groups in total. The maximum absolute atomic E-state index is 8.95. The number of hydrogen-bond donors (Lipinski definition) is 2. The molecule has 0 amide bonds. The quantitative estimate of drug-likeness (QED) is 0.724. The summed E-state index contributed by atoms with van der Waals surface area (Å²) in [5.74, 6) is 0. The highest BCUT2D eigenvalue weighted by Gasteiger charge is 2.16. The average Bonchev–Trinajstić information content (AvgIpc) is 2.59. The summed E-state index contributed by atoms with van der Waals surface area (Å²) in [5.41, 5.74) is 9.42. The Morgan fingerprint density at radius 3 is 3.07 bits per heavy atom. The summed E-state index contributed by atoms with van der Waals surface area (Å²) in [7, 11) is 2.09. The lowest BCUT2D eigenvalue weighted by atomic mass is 10.0. The van der Waals surface area contributed by atoms with E-state index in [4.69, 9.17) is 10.8 Å². The summed E-state index contributed by atoms with van der Waals surface area (Å²) in [6.07, 6.45) is 1.08. The molecular weight excluding hydrogens is 176 g/mol. The zero-order valence-corrected chi connectivity index (χ0v) is 8.40. The first-order valence-electron chi connectivity index (χ1n) is 4.93. The number of aliphatic hydroxyl groups is 1. The Kier molecular flexibility index (Phi) is 2.44. The van der Waals surface area contributed by atoms with Gasteiger partial charge in [-0.25, -0.2) is 0 Å². The number of likely N-dealkylation sites (N-methyl/N-ethyl adjacent to an activating group) is 1. The van der Waals surface area contributed by atoms with Gasteiger partial charge in [0.05, 0.1) is 12.6 Å². The van der Waals surface area contributed by atoms with Gasteiger partial charge in [-0.05, 0) is 23.6 Å². The molecule has 0 aromatic heterocycles. The smallest absolute Gasteiger partial charge is 0.0624 e. The Bertz CT molecular complexity index is 338. The van der Waals surface area contributed by atoms with Crippen LogP contribution in [0.4, 0.5) is 5.69 Å². The molecule has 1 heterocycles. The van der Waals surface area contributed by atoms with Crippen molar-refractivity contribution >= 4 is 5.69 Å². The fourth-order valence-electron chi connectivity index (χ4n) is 1.92. The molecule has 76 valence electrons. The Labute approximate surface area is 84.1 Å². The van der Waals surface area contributed by atoms with Crippen LogP contribution in [0, 0.1) is 0 Å². The van der Waals surface area contributed by atoms with Gasteiger partial charge in [0.15, 0.2) is 0 Å². The van der Waals surface area contributed by atoms with E-state index in [0.29, 0.717) is 0 Å². The van der Waals surface area contributed by atoms with Crippen LogP contribution in [0.1, 0.15) is 17.2 Å². The van der Waals surface area contributed by atoms with Crippen LogP contribution in [-0.4, -0.2) is 25.3 Å². The predicted octanol–water partition coefficient (Wildman–Crippen LogP) is 0.671. The first-order valence-corrected chi connectivity index (χ1v) is 4.93. The zero-order chi connectivity index (χ0) is 10.1. The number of fused-ring (bicyclic) bond motifs is 1. The van der Waals surface area contributed by atoms with E-state index in [9.17, 15) is 0 Å². The molecule has 0 saturated heterocycles. The maximum atomic E-state index is 8.95. The van der Waals surface area contributed by atoms with Crippen LogP contribution in [0.25, 0.3) is 0 Å². The lowest BCUT2D eigenvalue weighted by molar-refractivity contribution is 0.268. The molecule has 3 heteroatoms. The van der Waals surface area contributed by atoms with Crippen molar-refractivity contribution in [1.29, 1.82) is 0 Å². The largest absolute Gasteiger partial charge is 0.394 e. The van der Waals surface area contributed by atoms with E-state index in [1.807, 2.05) is 6.07 Å². The third-order valence-electron chi connectivity index (χ3n) is 2.86. The van der Waals surface area contributed by atoms with Gasteiger partial charge in [0.2, 0.25) is 0 Å². The molecule has 1 aromatic carbocycles. The Morgan fingerprint density at radius 1 is 1.57 bits per heavy atom. The number of nitrogens with two attached hydrogens (primary N) is 1. The summed E-state index contributed by atoms with van der Waals surface area (Å²) in [5, 5.41) is 8.95. The second kappa shape index (κ2) is 3.59. The van der Waals surface area contributed by atoms with E-state index >= 15 is 0 Å². The summed E-state index contributed by atoms with van der Waals surface area (Å²) in [6, 6.07) is 5.96. The highest BCUT2D eigenvalue weighted by atomic mass is 16.3. The standard InChI is InChI=1S/C11H16N2O/c1-13-5-4-9-6-8(10(12)7-14)2-3-11(9)13/h2-3,6,10,14H,4-5,7,12H2,1H3/t10-/m1/s1. The number of anilines is 1. The fraction of sp³-hybridized carbons (Fsp3) is 0.455. The molecule has 0 fully saturated rings. The predicted molar refractivity (Wildman–Crippen MR) is 57.4 cm³/mol. The first kappa shape index (κ1) is 9.49. The molecule has 0 aliphatic carbocycles. The van der Waals surface area contributed by atoms with Crippen LogP contribution in [0.15, 0.2) is 18.2 Å². The molecule has 1 aromatic rings. The van der Waals surface area contributed by atoms with E-state index in [1.165, 1.54) is 11.3 Å². The number of benzene rings is 1. The van der Waals surface area contributed by atoms with Crippen LogP contribution in [0.2, 0.25) is 0 Å². The highest BCUT2D eigenvalue weighted by molar-refractivity contribution is 5.58. The van der Waals surface area contributed by atoms with E-state index in [0.717, 1.165) is 18.5 Å². The molecule has 0 spiro atoms. The second-order valence-corrected chi connectivity index (χ2v) is 3.85. The number of hydrogen-bond acceptors (Lipinski definition) is 3. The van der Waals surface area contributed by atoms with Crippen molar-refractivity contribution in [2.45, 2.75) is 12.5 Å². The van der Waals surface area contributed by atoms with Gasteiger partial charge in [-0.3, -0.25) is 0 Å². The summed E-state index contributed by atoms with van der Waals surface area (Å²) in [4.78, 5) is 2.24. The van der Waals surface area contributed by atoms with E-state index in [1.54, 1.807) is 0 Å². The lowest BCUT2D eigenvalue weighted by Crippen LogP contribution is -2.15. The van der Waals surface area contributed by atoms with Gasteiger partial charge in [-0.1, -0.05) is 12.1 Å². The third-order valence-corrected chi connectivity index (χ3v) is 2.86. The second-order valence-electron chi connectivity index (χ2n) is 3.85. The van der Waals surface area contributed by atoms with E-state index in [-0.39, 0.29) is 12.6 Å². The van der Waals surface area contributed by atoms with Gasteiger partial charge in [-0.2, -0.15) is 0 Å². The molecule has 1 aliphatic heterocycles. The van der Waals surface area contributed by atoms with Crippen molar-refractivity contribution in [1.82, 2.24) is 0 Å². The van der Waals surface area contributed by atoms with Crippen molar-refractivity contribution in [2.24, 2.45) is 5.73 Å². The zero-order valence-electron chi connectivity index (χ0n) is 8.40. The van der Waals surface area contributed by atoms with Gasteiger partial charge >= 0.3 is 0 Å². The Morgan fingerprint density at radius 2 is 2.36 bits per heavy atom. The van der Waals surface area contributed by atoms with Crippen molar-refractivity contribution in [3.63, 3.8) is 0 Å². The monoisotopic (exact) mass is 192 g/mol. The van der Waals surface area contributed by atoms with Crippen molar-refractivity contribution in [3.05, 3.63) is 29.3 Å². The summed E-state index contributed by atoms with van der Waals surface area (Å²) in [6.45, 7) is 1.09. The summed E-state index contributed by atoms with van der Waals surface area (Å²) < 4.78 is 0. The molecule has 2 rings (SSSR count). The minimum atomic E-state index is -0.244. The minimum Gasteiger partial charge on any atom is -0.394 e. The number of aliphatic hydroxyl groups excluding tert-OH is 1. The van der Waals surface area contributed by atoms with Crippen molar-refractivity contribution in [3.8, 4) is 0 Å². The molecule has 1 aliphatic rings. The van der Waals surface area contributed by atoms with Gasteiger partial charge in [0.1, 0.15) is 0 Å². The SMILES string of the molecule is CN1CCc2cc([C@H](N)CO)ccc21. The van der Waals surface area contributed by atoms with Crippen LogP contribution in [0.3, 0.4) is 0 Å². The summed E-state index contributed by atoms with van der Waals surface area (Å²) >= 11 is 0. The van der Waals surface area contributed by atoms with Gasteiger partial charge in [0.25, 0.3) is 0 Å². The minimum absolute atomic E-state index is 0.00856. The number of rotatable bonds is 2. The molecule has 0 radical (unpaired) electrons. The van der Waals surface area contributed by atoms with Crippen molar-refractivity contribution < 1.29 is 5.11 Å². The third kappa shape index (κ3) is 1.49. The number of nitrogens with zero attached hydrogens (tertiary/aromatic N) is 1. The van der Waals surface area contributed by atoms with Crippen LogP contribution >= 0.6 is 0 Å². The molecule has 0 bridgehead atoms. The topological polar surface area (TPSA) is 49.5 Å². The Hall–Kier alpha value is -1.06. The van der Waals surface area contributed by atoms with Crippen molar-refractivity contribution in [2.75, 3.05) is 25.1 Å². The van der Waals surface area contributed by atoms with Gasteiger partial charge < -0.3 is 15.7 Å². The molecule has 3 nitrogen and oxygen atoms in total. The highest BCUT2D eigenvalue weighted by Crippen LogP contribution is 2.28. The van der Waals surface area contributed by atoms with Gasteiger partial charge in [-0.15, -0.1) is 0 Å². The normalized spacial score (nSPS) is 16.9.